The molecule has 0 spiro atoms. The summed E-state index contributed by atoms with van der Waals surface area (Å²) in [5.74, 6) is 0.134. The number of benzene rings is 5. The van der Waals surface area contributed by atoms with Crippen molar-refractivity contribution in [1.82, 2.24) is 4.90 Å². The number of likely N-dealkylation sites (tertiary alicyclic amines) is 1. The summed E-state index contributed by atoms with van der Waals surface area (Å²) in [6, 6.07) is 41.3. The van der Waals surface area contributed by atoms with E-state index >= 15 is 0 Å². The summed E-state index contributed by atoms with van der Waals surface area (Å²) in [5.41, 5.74) is 5.97. The number of amides is 2. The first-order valence-electron chi connectivity index (χ1n) is 16.6. The summed E-state index contributed by atoms with van der Waals surface area (Å²) in [7, 11) is 0. The summed E-state index contributed by atoms with van der Waals surface area (Å²) in [6.45, 7) is 2.03. The molecule has 1 aliphatic rings. The minimum Gasteiger partial charge on any atom is -0.488 e. The maximum absolute atomic E-state index is 13.2. The number of carbonyl (C=O) groups excluding carboxylic acids is 3. The quantitative estimate of drug-likeness (QED) is 0.100. The third kappa shape index (κ3) is 8.44. The molecule has 0 radical (unpaired) electrons. The topological polar surface area (TPSA) is 99.9 Å². The molecule has 0 aliphatic carbocycles. The molecule has 2 amide bonds. The molecule has 1 aliphatic heterocycles. The van der Waals surface area contributed by atoms with Gasteiger partial charge in [-0.2, -0.15) is 5.26 Å². The molecule has 8 nitrogen and oxygen atoms in total. The van der Waals surface area contributed by atoms with Crippen LogP contribution in [0.15, 0.2) is 127 Å². The van der Waals surface area contributed by atoms with E-state index in [4.69, 9.17) is 14.7 Å². The zero-order chi connectivity index (χ0) is 34.7. The fourth-order valence-electron chi connectivity index (χ4n) is 6.08. The van der Waals surface area contributed by atoms with Crippen molar-refractivity contribution in [2.24, 2.45) is 0 Å². The summed E-state index contributed by atoms with van der Waals surface area (Å²) in [5, 5.41) is 9.03. The zero-order valence-corrected chi connectivity index (χ0v) is 27.6. The molecule has 0 atom stereocenters. The Morgan fingerprint density at radius 2 is 1.42 bits per heavy atom. The van der Waals surface area contributed by atoms with Gasteiger partial charge in [-0.3, -0.25) is 9.59 Å². The second-order valence-corrected chi connectivity index (χ2v) is 12.2. The van der Waals surface area contributed by atoms with E-state index in [0.29, 0.717) is 48.1 Å². The number of nitrogens with zero attached hydrogens (tertiary/aromatic N) is 3. The van der Waals surface area contributed by atoms with E-state index in [0.717, 1.165) is 35.9 Å². The highest BCUT2D eigenvalue weighted by Gasteiger charge is 2.25. The number of esters is 1. The van der Waals surface area contributed by atoms with Crippen LogP contribution in [0.1, 0.15) is 67.3 Å². The number of hydrogen-bond acceptors (Lipinski definition) is 6. The van der Waals surface area contributed by atoms with Gasteiger partial charge < -0.3 is 19.3 Å². The Morgan fingerprint density at radius 1 is 0.780 bits per heavy atom. The van der Waals surface area contributed by atoms with Crippen LogP contribution >= 0.6 is 0 Å². The molecule has 1 heterocycles. The van der Waals surface area contributed by atoms with Crippen LogP contribution in [-0.2, 0) is 29.3 Å². The maximum atomic E-state index is 13.2. The number of nitriles is 1. The molecule has 1 fully saturated rings. The highest BCUT2D eigenvalue weighted by molar-refractivity contribution is 5.94. The molecule has 0 saturated carbocycles. The highest BCUT2D eigenvalue weighted by atomic mass is 16.5. The molecule has 0 unspecified atom stereocenters. The molecule has 250 valence electrons. The molecular weight excluding hydrogens is 626 g/mol. The molecule has 8 heteroatoms. The van der Waals surface area contributed by atoms with E-state index in [9.17, 15) is 14.4 Å². The van der Waals surface area contributed by atoms with Gasteiger partial charge in [0.25, 0.3) is 5.91 Å². The number of rotatable bonds is 12. The normalized spacial score (nSPS) is 12.8. The second kappa shape index (κ2) is 16.3. The largest absolute Gasteiger partial charge is 0.488 e. The van der Waals surface area contributed by atoms with E-state index in [1.807, 2.05) is 77.7 Å². The van der Waals surface area contributed by atoms with Crippen molar-refractivity contribution in [2.75, 3.05) is 18.0 Å². The lowest BCUT2D eigenvalue weighted by molar-refractivity contribution is -0.107. The first-order chi connectivity index (χ1) is 24.5. The minimum absolute atomic E-state index is 0.0111. The Morgan fingerprint density at radius 3 is 2.04 bits per heavy atom. The van der Waals surface area contributed by atoms with E-state index < -0.39 is 5.97 Å². The minimum atomic E-state index is -0.513. The summed E-state index contributed by atoms with van der Waals surface area (Å²) < 4.78 is 11.7. The predicted molar refractivity (Wildman–Crippen MR) is 191 cm³/mol. The number of hydrogen-bond donors (Lipinski definition) is 0. The van der Waals surface area contributed by atoms with Crippen molar-refractivity contribution < 1.29 is 23.9 Å². The lowest BCUT2D eigenvalue weighted by Gasteiger charge is -2.32. The summed E-state index contributed by atoms with van der Waals surface area (Å²) in [4.78, 5) is 42.0. The van der Waals surface area contributed by atoms with Gasteiger partial charge in [0.05, 0.1) is 18.2 Å². The van der Waals surface area contributed by atoms with Crippen molar-refractivity contribution in [3.05, 3.63) is 166 Å². The number of anilines is 1. The number of piperidine rings is 1. The van der Waals surface area contributed by atoms with Gasteiger partial charge in [-0.25, -0.2) is 4.79 Å². The lowest BCUT2D eigenvalue weighted by Crippen LogP contribution is -2.37. The SMILES string of the molecule is N#Cc1ccc(C(=O)N2CCC(c3ccc(CN(C=O)c4ccc(C(=O)OCc5ccccc5)c(OCc5ccccc5)c4)cc3)CC2)cc1. The van der Waals surface area contributed by atoms with Gasteiger partial charge in [0.2, 0.25) is 6.41 Å². The Bertz CT molecular complexity index is 1950. The number of ether oxygens (including phenoxy) is 2. The van der Waals surface area contributed by atoms with E-state index in [-0.39, 0.29) is 24.7 Å². The van der Waals surface area contributed by atoms with Crippen LogP contribution in [0, 0.1) is 11.3 Å². The van der Waals surface area contributed by atoms with E-state index in [1.54, 1.807) is 47.4 Å². The van der Waals surface area contributed by atoms with E-state index in [1.165, 1.54) is 5.56 Å². The van der Waals surface area contributed by atoms with Gasteiger partial charge in [-0.05, 0) is 77.4 Å². The molecular formula is C42H37N3O5. The number of carbonyl (C=O) groups is 3. The van der Waals surface area contributed by atoms with Crippen LogP contribution in [-0.4, -0.2) is 36.3 Å². The molecule has 1 saturated heterocycles. The van der Waals surface area contributed by atoms with Crippen LogP contribution in [0.4, 0.5) is 5.69 Å². The third-order valence-corrected chi connectivity index (χ3v) is 8.94. The molecule has 50 heavy (non-hydrogen) atoms. The smallest absolute Gasteiger partial charge is 0.342 e. The van der Waals surface area contributed by atoms with Crippen molar-refractivity contribution in [3.63, 3.8) is 0 Å². The molecule has 0 aromatic heterocycles. The standard InChI is InChI=1S/C42H37N3O5/c43-26-31-11-17-37(18-12-31)41(47)44-23-21-36(22-24-44)35-15-13-32(14-16-35)27-45(30-46)38-19-20-39(42(48)50-29-34-9-5-2-6-10-34)40(25-38)49-28-33-7-3-1-4-8-33/h1-20,25,30,36H,21-24,27-29H2. The van der Waals surface area contributed by atoms with Gasteiger partial charge in [-0.15, -0.1) is 0 Å². The second-order valence-electron chi connectivity index (χ2n) is 12.2. The van der Waals surface area contributed by atoms with Crippen molar-refractivity contribution in [2.45, 2.75) is 38.5 Å². The Kier molecular flexibility index (Phi) is 11.0. The van der Waals surface area contributed by atoms with Gasteiger partial charge in [0, 0.05) is 30.4 Å². The fourth-order valence-corrected chi connectivity index (χ4v) is 6.08. The molecule has 5 aromatic rings. The van der Waals surface area contributed by atoms with Crippen LogP contribution in [0.2, 0.25) is 0 Å². The maximum Gasteiger partial charge on any atom is 0.342 e. The van der Waals surface area contributed by atoms with Gasteiger partial charge in [0.1, 0.15) is 24.5 Å². The van der Waals surface area contributed by atoms with Crippen LogP contribution in [0.25, 0.3) is 0 Å². The van der Waals surface area contributed by atoms with Gasteiger partial charge in [0.15, 0.2) is 0 Å². The molecule has 0 N–H and O–H groups in total. The molecule has 5 aromatic carbocycles. The predicted octanol–water partition coefficient (Wildman–Crippen LogP) is 7.68. The Hall–Kier alpha value is -6.20. The highest BCUT2D eigenvalue weighted by Crippen LogP contribution is 2.31. The zero-order valence-electron chi connectivity index (χ0n) is 27.6. The van der Waals surface area contributed by atoms with Crippen molar-refractivity contribution in [1.29, 1.82) is 5.26 Å². The van der Waals surface area contributed by atoms with Crippen LogP contribution in [0.3, 0.4) is 0 Å². The molecule has 0 bridgehead atoms. The van der Waals surface area contributed by atoms with Crippen molar-refractivity contribution >= 4 is 24.0 Å². The van der Waals surface area contributed by atoms with Crippen LogP contribution < -0.4 is 9.64 Å². The Balaban J connectivity index is 1.10. The van der Waals surface area contributed by atoms with Gasteiger partial charge >= 0.3 is 5.97 Å². The van der Waals surface area contributed by atoms with Crippen molar-refractivity contribution in [3.8, 4) is 11.8 Å². The van der Waals surface area contributed by atoms with E-state index in [2.05, 4.69) is 18.2 Å². The lowest BCUT2D eigenvalue weighted by atomic mass is 9.88. The fraction of sp³-hybridized carbons (Fsp3) is 0.190. The summed E-state index contributed by atoms with van der Waals surface area (Å²) >= 11 is 0. The van der Waals surface area contributed by atoms with Crippen LogP contribution in [0.5, 0.6) is 5.75 Å². The average molecular weight is 664 g/mol. The molecule has 6 rings (SSSR count). The van der Waals surface area contributed by atoms with Gasteiger partial charge in [-0.1, -0.05) is 84.9 Å². The monoisotopic (exact) mass is 663 g/mol. The Labute approximate surface area is 292 Å². The first-order valence-corrected chi connectivity index (χ1v) is 16.6. The average Bonchev–Trinajstić information content (AvgIpc) is 3.19. The third-order valence-electron chi connectivity index (χ3n) is 8.94. The summed E-state index contributed by atoms with van der Waals surface area (Å²) in [6.07, 6.45) is 2.49. The first kappa shape index (κ1) is 33.7.